The Balaban J connectivity index is 2.84. The predicted molar refractivity (Wildman–Crippen MR) is 98.9 cm³/mol. The van der Waals surface area contributed by atoms with Crippen molar-refractivity contribution in [2.24, 2.45) is 0 Å². The van der Waals surface area contributed by atoms with Crippen molar-refractivity contribution in [1.82, 2.24) is 10.2 Å². The second-order valence-electron chi connectivity index (χ2n) is 6.14. The lowest BCUT2D eigenvalue weighted by Gasteiger charge is -2.23. The Morgan fingerprint density at radius 3 is 2.44 bits per heavy atom. The molecule has 1 rings (SSSR count). The fourth-order valence-electron chi connectivity index (χ4n) is 2.60. The van der Waals surface area contributed by atoms with Crippen LogP contribution in [0.3, 0.4) is 0 Å². The number of hydrogen-bond donors (Lipinski definition) is 3. The first-order valence-electron chi connectivity index (χ1n) is 8.33. The summed E-state index contributed by atoms with van der Waals surface area (Å²) in [7, 11) is -1.70. The van der Waals surface area contributed by atoms with Crippen LogP contribution in [0.4, 0.5) is 0 Å². The Kier molecular flexibility index (Phi) is 7.86. The first kappa shape index (κ1) is 20.9. The summed E-state index contributed by atoms with van der Waals surface area (Å²) < 4.78 is 0. The Morgan fingerprint density at radius 1 is 1.28 bits per heavy atom. The maximum Gasteiger partial charge on any atom is 0.475 e. The molecular formula is C18H27BN2O4. The Labute approximate surface area is 149 Å². The van der Waals surface area contributed by atoms with E-state index in [-0.39, 0.29) is 18.9 Å². The van der Waals surface area contributed by atoms with E-state index in [4.69, 9.17) is 0 Å². The SMILES string of the molecule is C=CC(=O)N(CC)CC(=O)N[C@@H](Cc1ccc(C)c(C)c1C)B(O)O. The van der Waals surface area contributed by atoms with Gasteiger partial charge in [0.1, 0.15) is 0 Å². The van der Waals surface area contributed by atoms with Crippen LogP contribution in [0.15, 0.2) is 24.8 Å². The third-order valence-corrected chi connectivity index (χ3v) is 4.52. The first-order valence-corrected chi connectivity index (χ1v) is 8.33. The average molecular weight is 346 g/mol. The highest BCUT2D eigenvalue weighted by Gasteiger charge is 2.27. The van der Waals surface area contributed by atoms with Gasteiger partial charge in [-0.05, 0) is 62.4 Å². The van der Waals surface area contributed by atoms with Crippen LogP contribution >= 0.6 is 0 Å². The van der Waals surface area contributed by atoms with Gasteiger partial charge in [-0.3, -0.25) is 9.59 Å². The van der Waals surface area contributed by atoms with E-state index >= 15 is 0 Å². The highest BCUT2D eigenvalue weighted by atomic mass is 16.4. The van der Waals surface area contributed by atoms with Gasteiger partial charge in [0.15, 0.2) is 0 Å². The van der Waals surface area contributed by atoms with Gasteiger partial charge in [-0.1, -0.05) is 18.7 Å². The molecule has 0 radical (unpaired) electrons. The fraction of sp³-hybridized carbons (Fsp3) is 0.444. The van der Waals surface area contributed by atoms with Crippen LogP contribution in [0.25, 0.3) is 0 Å². The van der Waals surface area contributed by atoms with Gasteiger partial charge in [-0.2, -0.15) is 0 Å². The second kappa shape index (κ2) is 9.39. The molecular weight excluding hydrogens is 319 g/mol. The first-order chi connectivity index (χ1) is 11.7. The largest absolute Gasteiger partial charge is 0.475 e. The summed E-state index contributed by atoms with van der Waals surface area (Å²) in [5.74, 6) is -1.65. The highest BCUT2D eigenvalue weighted by Crippen LogP contribution is 2.18. The van der Waals surface area contributed by atoms with E-state index in [0.717, 1.165) is 28.3 Å². The lowest BCUT2D eigenvalue weighted by molar-refractivity contribution is -0.132. The fourth-order valence-corrected chi connectivity index (χ4v) is 2.60. The molecule has 6 nitrogen and oxygen atoms in total. The Hall–Kier alpha value is -2.12. The molecule has 25 heavy (non-hydrogen) atoms. The van der Waals surface area contributed by atoms with E-state index in [0.29, 0.717) is 6.54 Å². The number of amides is 2. The quantitative estimate of drug-likeness (QED) is 0.477. The molecule has 0 aliphatic heterocycles. The molecule has 0 heterocycles. The predicted octanol–water partition coefficient (Wildman–Crippen LogP) is 0.686. The second-order valence-corrected chi connectivity index (χ2v) is 6.14. The number of nitrogens with zero attached hydrogens (tertiary/aromatic N) is 1. The number of hydrogen-bond acceptors (Lipinski definition) is 4. The van der Waals surface area contributed by atoms with Crippen molar-refractivity contribution in [3.05, 3.63) is 47.0 Å². The summed E-state index contributed by atoms with van der Waals surface area (Å²) in [5, 5.41) is 21.9. The van der Waals surface area contributed by atoms with Crippen molar-refractivity contribution < 1.29 is 19.6 Å². The minimum absolute atomic E-state index is 0.156. The monoisotopic (exact) mass is 346 g/mol. The standard InChI is InChI=1S/C18H27BN2O4/c1-6-18(23)21(7-2)11-17(22)20-16(19(24)25)10-15-9-8-12(3)13(4)14(15)5/h6,8-9,16,24-25H,1,7,10-11H2,2-5H3,(H,20,22)/t16-/m0/s1. The van der Waals surface area contributed by atoms with Crippen molar-refractivity contribution in [1.29, 1.82) is 0 Å². The molecule has 0 saturated heterocycles. The molecule has 1 atom stereocenters. The van der Waals surface area contributed by atoms with E-state index in [9.17, 15) is 19.6 Å². The summed E-state index contributed by atoms with van der Waals surface area (Å²) >= 11 is 0. The molecule has 0 fully saturated rings. The van der Waals surface area contributed by atoms with Crippen LogP contribution in [0.5, 0.6) is 0 Å². The normalized spacial score (nSPS) is 11.6. The molecule has 1 aromatic carbocycles. The molecule has 2 amide bonds. The average Bonchev–Trinajstić information content (AvgIpc) is 2.58. The van der Waals surface area contributed by atoms with E-state index in [2.05, 4.69) is 11.9 Å². The molecule has 0 unspecified atom stereocenters. The molecule has 3 N–H and O–H groups in total. The van der Waals surface area contributed by atoms with Gasteiger partial charge in [0.2, 0.25) is 11.8 Å². The molecule has 0 aliphatic carbocycles. The highest BCUT2D eigenvalue weighted by molar-refractivity contribution is 6.43. The molecule has 0 aromatic heterocycles. The smallest absolute Gasteiger partial charge is 0.426 e. The van der Waals surface area contributed by atoms with Crippen LogP contribution in [-0.4, -0.2) is 52.9 Å². The molecule has 0 saturated carbocycles. The van der Waals surface area contributed by atoms with Gasteiger partial charge >= 0.3 is 7.12 Å². The van der Waals surface area contributed by atoms with Gasteiger partial charge in [0.25, 0.3) is 0 Å². The Bertz CT molecular complexity index is 646. The van der Waals surface area contributed by atoms with Gasteiger partial charge in [0.05, 0.1) is 12.5 Å². The molecule has 136 valence electrons. The zero-order valence-electron chi connectivity index (χ0n) is 15.4. The third-order valence-electron chi connectivity index (χ3n) is 4.52. The van der Waals surface area contributed by atoms with Crippen LogP contribution < -0.4 is 5.32 Å². The zero-order chi connectivity index (χ0) is 19.1. The van der Waals surface area contributed by atoms with Gasteiger partial charge in [-0.15, -0.1) is 0 Å². The van der Waals surface area contributed by atoms with Crippen molar-refractivity contribution in [2.75, 3.05) is 13.1 Å². The minimum atomic E-state index is -1.70. The number of likely N-dealkylation sites (N-methyl/N-ethyl adjacent to an activating group) is 1. The molecule has 7 heteroatoms. The van der Waals surface area contributed by atoms with Crippen molar-refractivity contribution in [3.8, 4) is 0 Å². The maximum absolute atomic E-state index is 12.2. The lowest BCUT2D eigenvalue weighted by Crippen LogP contribution is -2.51. The van der Waals surface area contributed by atoms with E-state index < -0.39 is 19.0 Å². The number of carbonyl (C=O) groups excluding carboxylic acids is 2. The number of carbonyl (C=O) groups is 2. The van der Waals surface area contributed by atoms with Crippen molar-refractivity contribution >= 4 is 18.9 Å². The van der Waals surface area contributed by atoms with Crippen LogP contribution in [0.2, 0.25) is 0 Å². The third kappa shape index (κ3) is 5.72. The number of benzene rings is 1. The van der Waals surface area contributed by atoms with Gasteiger partial charge in [0, 0.05) is 6.54 Å². The van der Waals surface area contributed by atoms with E-state index in [1.54, 1.807) is 6.92 Å². The topological polar surface area (TPSA) is 89.9 Å². The van der Waals surface area contributed by atoms with Gasteiger partial charge in [-0.25, -0.2) is 0 Å². The molecule has 1 aromatic rings. The lowest BCUT2D eigenvalue weighted by atomic mass is 9.75. The van der Waals surface area contributed by atoms with Gasteiger partial charge < -0.3 is 20.3 Å². The van der Waals surface area contributed by atoms with Crippen LogP contribution in [0.1, 0.15) is 29.2 Å². The zero-order valence-corrected chi connectivity index (χ0v) is 15.4. The van der Waals surface area contributed by atoms with Crippen molar-refractivity contribution in [2.45, 2.75) is 40.1 Å². The molecule has 0 spiro atoms. The minimum Gasteiger partial charge on any atom is -0.426 e. The molecule has 0 bridgehead atoms. The van der Waals surface area contributed by atoms with Crippen LogP contribution in [-0.2, 0) is 16.0 Å². The summed E-state index contributed by atoms with van der Waals surface area (Å²) in [5.41, 5.74) is 4.31. The van der Waals surface area contributed by atoms with E-state index in [1.807, 2.05) is 32.9 Å². The maximum atomic E-state index is 12.2. The van der Waals surface area contributed by atoms with Crippen LogP contribution in [0, 0.1) is 20.8 Å². The Morgan fingerprint density at radius 2 is 1.92 bits per heavy atom. The number of aryl methyl sites for hydroxylation is 1. The van der Waals surface area contributed by atoms with E-state index in [1.165, 1.54) is 4.90 Å². The number of nitrogens with one attached hydrogen (secondary N) is 1. The number of rotatable bonds is 8. The summed E-state index contributed by atoms with van der Waals surface area (Å²) in [6.45, 7) is 11.4. The van der Waals surface area contributed by atoms with Crippen molar-refractivity contribution in [3.63, 3.8) is 0 Å². The summed E-state index contributed by atoms with van der Waals surface area (Å²) in [6, 6.07) is 3.90. The molecule has 0 aliphatic rings. The summed E-state index contributed by atoms with van der Waals surface area (Å²) in [6.07, 6.45) is 1.44. The summed E-state index contributed by atoms with van der Waals surface area (Å²) in [4.78, 5) is 25.1.